The van der Waals surface area contributed by atoms with Gasteiger partial charge in [0.2, 0.25) is 0 Å². The first-order chi connectivity index (χ1) is 7.58. The lowest BCUT2D eigenvalue weighted by Crippen LogP contribution is -2.23. The number of aromatic carboxylic acids is 1. The summed E-state index contributed by atoms with van der Waals surface area (Å²) in [5, 5.41) is 12.9. The molecule has 1 aliphatic rings. The van der Waals surface area contributed by atoms with Crippen LogP contribution in [-0.2, 0) is 0 Å². The summed E-state index contributed by atoms with van der Waals surface area (Å²) in [6.45, 7) is 4.55. The standard InChI is InChI=1S/C12H18N2O2/c1-8-3-4-10(7-9(8)2)14-6-5-11(13-14)12(15)16/h5-6,8-10H,3-4,7H2,1-2H3,(H,15,16). The second-order valence-electron chi connectivity index (χ2n) is 4.91. The number of nitrogens with zero attached hydrogens (tertiary/aromatic N) is 2. The Morgan fingerprint density at radius 2 is 2.19 bits per heavy atom. The smallest absolute Gasteiger partial charge is 0.356 e. The summed E-state index contributed by atoms with van der Waals surface area (Å²) < 4.78 is 1.83. The minimum absolute atomic E-state index is 0.145. The predicted molar refractivity (Wildman–Crippen MR) is 60.4 cm³/mol. The number of carboxylic acid groups (broad SMARTS) is 1. The Kier molecular flexibility index (Phi) is 2.99. The largest absolute Gasteiger partial charge is 0.476 e. The molecule has 1 aromatic heterocycles. The Morgan fingerprint density at radius 3 is 2.75 bits per heavy atom. The van der Waals surface area contributed by atoms with Gasteiger partial charge in [0.25, 0.3) is 0 Å². The third kappa shape index (κ3) is 2.10. The average Bonchev–Trinajstić information content (AvgIpc) is 2.71. The van der Waals surface area contributed by atoms with Gasteiger partial charge in [-0.05, 0) is 37.2 Å². The van der Waals surface area contributed by atoms with E-state index in [2.05, 4.69) is 18.9 Å². The van der Waals surface area contributed by atoms with E-state index in [1.165, 1.54) is 6.42 Å². The van der Waals surface area contributed by atoms with Crippen LogP contribution in [0.4, 0.5) is 0 Å². The van der Waals surface area contributed by atoms with Crippen molar-refractivity contribution in [2.24, 2.45) is 11.8 Å². The quantitative estimate of drug-likeness (QED) is 0.836. The number of hydrogen-bond donors (Lipinski definition) is 1. The second kappa shape index (κ2) is 4.28. The maximum absolute atomic E-state index is 10.7. The van der Waals surface area contributed by atoms with E-state index in [0.29, 0.717) is 12.0 Å². The molecule has 4 nitrogen and oxygen atoms in total. The third-order valence-corrected chi connectivity index (χ3v) is 3.77. The van der Waals surface area contributed by atoms with Crippen LogP contribution < -0.4 is 0 Å². The van der Waals surface area contributed by atoms with Crippen LogP contribution in [0.2, 0.25) is 0 Å². The van der Waals surface area contributed by atoms with Crippen molar-refractivity contribution in [1.29, 1.82) is 0 Å². The van der Waals surface area contributed by atoms with Crippen LogP contribution in [-0.4, -0.2) is 20.9 Å². The molecule has 88 valence electrons. The van der Waals surface area contributed by atoms with Crippen molar-refractivity contribution in [3.63, 3.8) is 0 Å². The fraction of sp³-hybridized carbons (Fsp3) is 0.667. The van der Waals surface area contributed by atoms with Gasteiger partial charge in [-0.1, -0.05) is 13.8 Å². The van der Waals surface area contributed by atoms with Crippen LogP contribution in [0.1, 0.15) is 49.6 Å². The summed E-state index contributed by atoms with van der Waals surface area (Å²) in [5.41, 5.74) is 0.145. The van der Waals surface area contributed by atoms with Crippen LogP contribution in [0.3, 0.4) is 0 Å². The summed E-state index contributed by atoms with van der Waals surface area (Å²) in [4.78, 5) is 10.7. The molecule has 1 saturated carbocycles. The summed E-state index contributed by atoms with van der Waals surface area (Å²) in [6, 6.07) is 1.95. The maximum Gasteiger partial charge on any atom is 0.356 e. The van der Waals surface area contributed by atoms with Gasteiger partial charge in [-0.15, -0.1) is 0 Å². The molecule has 0 radical (unpaired) electrons. The highest BCUT2D eigenvalue weighted by atomic mass is 16.4. The second-order valence-corrected chi connectivity index (χ2v) is 4.91. The molecule has 0 amide bonds. The van der Waals surface area contributed by atoms with Gasteiger partial charge in [0.05, 0.1) is 6.04 Å². The molecule has 0 saturated heterocycles. The first-order valence-electron chi connectivity index (χ1n) is 5.86. The molecule has 16 heavy (non-hydrogen) atoms. The Labute approximate surface area is 95.3 Å². The topological polar surface area (TPSA) is 55.1 Å². The number of carbonyl (C=O) groups is 1. The fourth-order valence-electron chi connectivity index (χ4n) is 2.41. The van der Waals surface area contributed by atoms with E-state index in [4.69, 9.17) is 5.11 Å². The van der Waals surface area contributed by atoms with Crippen molar-refractivity contribution in [2.45, 2.75) is 39.2 Å². The lowest BCUT2D eigenvalue weighted by Gasteiger charge is -2.32. The van der Waals surface area contributed by atoms with Crippen molar-refractivity contribution < 1.29 is 9.90 Å². The Hall–Kier alpha value is -1.32. The minimum Gasteiger partial charge on any atom is -0.476 e. The minimum atomic E-state index is -0.948. The van der Waals surface area contributed by atoms with Crippen molar-refractivity contribution >= 4 is 5.97 Å². The number of rotatable bonds is 2. The van der Waals surface area contributed by atoms with Gasteiger partial charge in [-0.3, -0.25) is 4.68 Å². The van der Waals surface area contributed by atoms with Gasteiger partial charge in [-0.25, -0.2) is 4.79 Å². The van der Waals surface area contributed by atoms with Crippen molar-refractivity contribution in [3.8, 4) is 0 Å². The van der Waals surface area contributed by atoms with Crippen molar-refractivity contribution in [3.05, 3.63) is 18.0 Å². The van der Waals surface area contributed by atoms with E-state index in [-0.39, 0.29) is 5.69 Å². The zero-order chi connectivity index (χ0) is 11.7. The van der Waals surface area contributed by atoms with Crippen LogP contribution >= 0.6 is 0 Å². The normalized spacial score (nSPS) is 30.2. The highest BCUT2D eigenvalue weighted by Crippen LogP contribution is 2.35. The van der Waals surface area contributed by atoms with Gasteiger partial charge >= 0.3 is 5.97 Å². The Balaban J connectivity index is 2.09. The van der Waals surface area contributed by atoms with Crippen LogP contribution in [0.5, 0.6) is 0 Å². The van der Waals surface area contributed by atoms with Gasteiger partial charge < -0.3 is 5.11 Å². The molecule has 4 heteroatoms. The average molecular weight is 222 g/mol. The summed E-state index contributed by atoms with van der Waals surface area (Å²) >= 11 is 0. The number of hydrogen-bond acceptors (Lipinski definition) is 2. The summed E-state index contributed by atoms with van der Waals surface area (Å²) in [6.07, 6.45) is 5.19. The molecular formula is C12H18N2O2. The Morgan fingerprint density at radius 1 is 1.44 bits per heavy atom. The van der Waals surface area contributed by atoms with E-state index < -0.39 is 5.97 Å². The van der Waals surface area contributed by atoms with Crippen molar-refractivity contribution in [2.75, 3.05) is 0 Å². The van der Waals surface area contributed by atoms with Crippen molar-refractivity contribution in [1.82, 2.24) is 9.78 Å². The Bertz CT molecular complexity index is 386. The van der Waals surface area contributed by atoms with E-state index in [9.17, 15) is 4.79 Å². The molecule has 2 rings (SSSR count). The zero-order valence-corrected chi connectivity index (χ0v) is 9.76. The molecule has 0 aliphatic heterocycles. The van der Waals surface area contributed by atoms with Crippen LogP contribution in [0.25, 0.3) is 0 Å². The van der Waals surface area contributed by atoms with E-state index in [1.54, 1.807) is 12.3 Å². The molecule has 3 unspecified atom stereocenters. The van der Waals surface area contributed by atoms with Gasteiger partial charge in [0.15, 0.2) is 5.69 Å². The molecule has 0 bridgehead atoms. The first kappa shape index (κ1) is 11.2. The molecule has 1 N–H and O–H groups in total. The number of aromatic nitrogens is 2. The van der Waals surface area contributed by atoms with E-state index in [0.717, 1.165) is 18.8 Å². The molecule has 1 heterocycles. The maximum atomic E-state index is 10.7. The van der Waals surface area contributed by atoms with Crippen LogP contribution in [0.15, 0.2) is 12.3 Å². The molecule has 0 spiro atoms. The lowest BCUT2D eigenvalue weighted by atomic mass is 9.79. The van der Waals surface area contributed by atoms with E-state index in [1.807, 2.05) is 4.68 Å². The first-order valence-corrected chi connectivity index (χ1v) is 5.86. The van der Waals surface area contributed by atoms with E-state index >= 15 is 0 Å². The fourth-order valence-corrected chi connectivity index (χ4v) is 2.41. The molecule has 1 aromatic rings. The lowest BCUT2D eigenvalue weighted by molar-refractivity contribution is 0.0688. The monoisotopic (exact) mass is 222 g/mol. The highest BCUT2D eigenvalue weighted by Gasteiger charge is 2.26. The van der Waals surface area contributed by atoms with Gasteiger partial charge in [0.1, 0.15) is 0 Å². The molecule has 1 fully saturated rings. The van der Waals surface area contributed by atoms with Gasteiger partial charge in [-0.2, -0.15) is 5.10 Å². The van der Waals surface area contributed by atoms with Crippen LogP contribution in [0, 0.1) is 11.8 Å². The molecule has 3 atom stereocenters. The molecular weight excluding hydrogens is 204 g/mol. The zero-order valence-electron chi connectivity index (χ0n) is 9.76. The third-order valence-electron chi connectivity index (χ3n) is 3.77. The summed E-state index contributed by atoms with van der Waals surface area (Å²) in [7, 11) is 0. The van der Waals surface area contributed by atoms with Gasteiger partial charge in [0, 0.05) is 6.20 Å². The molecule has 1 aliphatic carbocycles. The predicted octanol–water partition coefficient (Wildman–Crippen LogP) is 2.58. The summed E-state index contributed by atoms with van der Waals surface area (Å²) in [5.74, 6) is 0.512. The number of carboxylic acids is 1. The molecule has 0 aromatic carbocycles. The highest BCUT2D eigenvalue weighted by molar-refractivity contribution is 5.85. The SMILES string of the molecule is CC1CCC(n2ccc(C(=O)O)n2)CC1C.